The van der Waals surface area contributed by atoms with E-state index in [1.165, 1.54) is 7.11 Å². The molecule has 0 radical (unpaired) electrons. The summed E-state index contributed by atoms with van der Waals surface area (Å²) in [5.74, 6) is -1.69. The smallest absolute Gasteiger partial charge is 0.316 e. The lowest BCUT2D eigenvalue weighted by Gasteiger charge is -2.26. The largest absolute Gasteiger partial charge is 0.481 e. The Balaban J connectivity index is 2.35. The minimum atomic E-state index is -0.901. The van der Waals surface area contributed by atoms with Gasteiger partial charge < -0.3 is 9.84 Å². The van der Waals surface area contributed by atoms with E-state index in [1.54, 1.807) is 6.08 Å². The van der Waals surface area contributed by atoms with Crippen molar-refractivity contribution in [1.82, 2.24) is 0 Å². The fourth-order valence-corrected chi connectivity index (χ4v) is 2.62. The molecule has 76 valence electrons. The Labute approximate surface area is 81.6 Å². The average molecular weight is 196 g/mol. The van der Waals surface area contributed by atoms with Crippen LogP contribution in [0.1, 0.15) is 12.8 Å². The van der Waals surface area contributed by atoms with Crippen LogP contribution >= 0.6 is 0 Å². The van der Waals surface area contributed by atoms with Gasteiger partial charge in [0.15, 0.2) is 0 Å². The molecule has 1 N–H and O–H groups in total. The third-order valence-electron chi connectivity index (χ3n) is 3.29. The fraction of sp³-hybridized carbons (Fsp3) is 0.600. The van der Waals surface area contributed by atoms with E-state index in [1.807, 2.05) is 6.08 Å². The maximum Gasteiger partial charge on any atom is 0.316 e. The molecule has 1 saturated carbocycles. The zero-order valence-corrected chi connectivity index (χ0v) is 7.90. The molecule has 1 fully saturated rings. The summed E-state index contributed by atoms with van der Waals surface area (Å²) >= 11 is 0. The van der Waals surface area contributed by atoms with Gasteiger partial charge in [-0.05, 0) is 18.8 Å². The molecule has 4 nitrogen and oxygen atoms in total. The second-order valence-electron chi connectivity index (χ2n) is 3.98. The summed E-state index contributed by atoms with van der Waals surface area (Å²) in [6.07, 6.45) is 4.79. The minimum Gasteiger partial charge on any atom is -0.481 e. The van der Waals surface area contributed by atoms with Crippen molar-refractivity contribution in [3.05, 3.63) is 12.2 Å². The van der Waals surface area contributed by atoms with Gasteiger partial charge in [0.25, 0.3) is 0 Å². The minimum absolute atomic E-state index is 0.232. The lowest BCUT2D eigenvalue weighted by molar-refractivity contribution is -0.159. The van der Waals surface area contributed by atoms with Crippen LogP contribution in [0, 0.1) is 17.3 Å². The number of allylic oxidation sites excluding steroid dienone is 1. The molecule has 2 aliphatic rings. The molecule has 3 unspecified atom stereocenters. The van der Waals surface area contributed by atoms with Gasteiger partial charge >= 0.3 is 11.9 Å². The van der Waals surface area contributed by atoms with Gasteiger partial charge in [0.1, 0.15) is 0 Å². The topological polar surface area (TPSA) is 63.6 Å². The summed E-state index contributed by atoms with van der Waals surface area (Å²) in [5.41, 5.74) is -0.884. The first kappa shape index (κ1) is 9.24. The van der Waals surface area contributed by atoms with Crippen molar-refractivity contribution >= 4 is 11.9 Å². The Morgan fingerprint density at radius 2 is 2.29 bits per heavy atom. The monoisotopic (exact) mass is 196 g/mol. The molecule has 2 bridgehead atoms. The van der Waals surface area contributed by atoms with Gasteiger partial charge in [-0.1, -0.05) is 12.2 Å². The van der Waals surface area contributed by atoms with E-state index < -0.39 is 23.3 Å². The molecule has 0 aromatic carbocycles. The lowest BCUT2D eigenvalue weighted by Crippen LogP contribution is -2.37. The Morgan fingerprint density at radius 1 is 1.57 bits per heavy atom. The molecule has 2 aliphatic carbocycles. The van der Waals surface area contributed by atoms with Crippen molar-refractivity contribution < 1.29 is 19.4 Å². The molecule has 0 spiro atoms. The highest BCUT2D eigenvalue weighted by Crippen LogP contribution is 2.53. The number of hydrogen-bond acceptors (Lipinski definition) is 3. The van der Waals surface area contributed by atoms with Crippen LogP contribution in [-0.4, -0.2) is 24.2 Å². The van der Waals surface area contributed by atoms with E-state index in [0.29, 0.717) is 12.8 Å². The fourth-order valence-electron chi connectivity index (χ4n) is 2.62. The predicted octanol–water partition coefficient (Wildman–Crippen LogP) is 0.826. The van der Waals surface area contributed by atoms with Crippen molar-refractivity contribution in [3.8, 4) is 0 Å². The highest BCUT2D eigenvalue weighted by atomic mass is 16.5. The van der Waals surface area contributed by atoms with Crippen LogP contribution in [0.4, 0.5) is 0 Å². The molecule has 0 aliphatic heterocycles. The molecule has 0 aromatic rings. The van der Waals surface area contributed by atoms with Crippen LogP contribution in [0.3, 0.4) is 0 Å². The number of carboxylic acids is 1. The Hall–Kier alpha value is -1.32. The molecule has 0 aromatic heterocycles. The van der Waals surface area contributed by atoms with E-state index in [9.17, 15) is 9.59 Å². The van der Waals surface area contributed by atoms with Gasteiger partial charge in [-0.25, -0.2) is 0 Å². The maximum absolute atomic E-state index is 11.6. The van der Waals surface area contributed by atoms with Crippen molar-refractivity contribution in [3.63, 3.8) is 0 Å². The highest BCUT2D eigenvalue weighted by molar-refractivity contribution is 5.88. The third-order valence-corrected chi connectivity index (χ3v) is 3.29. The van der Waals surface area contributed by atoms with E-state index >= 15 is 0 Å². The number of esters is 1. The first-order valence-corrected chi connectivity index (χ1v) is 4.61. The van der Waals surface area contributed by atoms with Crippen LogP contribution in [0.25, 0.3) is 0 Å². The SMILES string of the molecule is COC(=O)C12C=CC(CC1C(=O)O)C2. The van der Waals surface area contributed by atoms with Crippen molar-refractivity contribution in [2.24, 2.45) is 17.3 Å². The molecule has 4 heteroatoms. The van der Waals surface area contributed by atoms with Crippen LogP contribution in [0.15, 0.2) is 12.2 Å². The normalized spacial score (nSPS) is 38.6. The van der Waals surface area contributed by atoms with Crippen LogP contribution in [-0.2, 0) is 14.3 Å². The molecule has 14 heavy (non-hydrogen) atoms. The second-order valence-corrected chi connectivity index (χ2v) is 3.98. The molecular formula is C10H12O4. The molecule has 0 saturated heterocycles. The number of carbonyl (C=O) groups excluding carboxylic acids is 1. The van der Waals surface area contributed by atoms with Gasteiger partial charge in [-0.15, -0.1) is 0 Å². The third kappa shape index (κ3) is 0.997. The average Bonchev–Trinajstić information content (AvgIpc) is 2.74. The number of carbonyl (C=O) groups is 2. The molecule has 0 amide bonds. The highest BCUT2D eigenvalue weighted by Gasteiger charge is 2.57. The standard InChI is InChI=1S/C10H12O4/c1-14-9(13)10-3-2-6(5-10)4-7(10)8(11)12/h2-3,6-7H,4-5H2,1H3,(H,11,12). The zero-order chi connectivity index (χ0) is 10.3. The van der Waals surface area contributed by atoms with Gasteiger partial charge in [0.05, 0.1) is 18.4 Å². The van der Waals surface area contributed by atoms with Crippen LogP contribution in [0.2, 0.25) is 0 Å². The predicted molar refractivity (Wildman–Crippen MR) is 47.4 cm³/mol. The van der Waals surface area contributed by atoms with E-state index in [4.69, 9.17) is 5.11 Å². The number of fused-ring (bicyclic) bond motifs is 2. The van der Waals surface area contributed by atoms with Crippen LogP contribution in [0.5, 0.6) is 0 Å². The summed E-state index contributed by atoms with van der Waals surface area (Å²) in [7, 11) is 1.30. The van der Waals surface area contributed by atoms with Crippen molar-refractivity contribution in [2.75, 3.05) is 7.11 Å². The van der Waals surface area contributed by atoms with Gasteiger partial charge in [0.2, 0.25) is 0 Å². The van der Waals surface area contributed by atoms with Gasteiger partial charge in [-0.2, -0.15) is 0 Å². The summed E-state index contributed by atoms with van der Waals surface area (Å²) in [6.45, 7) is 0. The molecule has 3 atom stereocenters. The van der Waals surface area contributed by atoms with E-state index in [0.717, 1.165) is 0 Å². The summed E-state index contributed by atoms with van der Waals surface area (Å²) in [4.78, 5) is 22.5. The summed E-state index contributed by atoms with van der Waals surface area (Å²) in [5, 5.41) is 9.00. The molecule has 2 rings (SSSR count). The Bertz CT molecular complexity index is 320. The Morgan fingerprint density at radius 3 is 2.79 bits per heavy atom. The molecular weight excluding hydrogens is 184 g/mol. The van der Waals surface area contributed by atoms with Gasteiger partial charge in [0, 0.05) is 0 Å². The van der Waals surface area contributed by atoms with Crippen molar-refractivity contribution in [2.45, 2.75) is 12.8 Å². The quantitative estimate of drug-likeness (QED) is 0.524. The first-order chi connectivity index (χ1) is 6.60. The molecule has 0 heterocycles. The number of methoxy groups -OCH3 is 1. The van der Waals surface area contributed by atoms with Crippen LogP contribution < -0.4 is 0 Å². The maximum atomic E-state index is 11.6. The number of hydrogen-bond donors (Lipinski definition) is 1. The number of rotatable bonds is 2. The first-order valence-electron chi connectivity index (χ1n) is 4.61. The summed E-state index contributed by atoms with van der Waals surface area (Å²) in [6, 6.07) is 0. The van der Waals surface area contributed by atoms with Gasteiger partial charge in [-0.3, -0.25) is 9.59 Å². The van der Waals surface area contributed by atoms with Crippen molar-refractivity contribution in [1.29, 1.82) is 0 Å². The number of ether oxygens (including phenoxy) is 1. The van der Waals surface area contributed by atoms with E-state index in [2.05, 4.69) is 4.74 Å². The summed E-state index contributed by atoms with van der Waals surface area (Å²) < 4.78 is 4.68. The number of aliphatic carboxylic acids is 1. The number of carboxylic acid groups (broad SMARTS) is 1. The lowest BCUT2D eigenvalue weighted by atomic mass is 9.78. The zero-order valence-electron chi connectivity index (χ0n) is 7.90. The Kier molecular flexibility index (Phi) is 1.87. The second kappa shape index (κ2) is 2.83. The van der Waals surface area contributed by atoms with E-state index in [-0.39, 0.29) is 5.92 Å².